The minimum absolute atomic E-state index is 0.113. The van der Waals surface area contributed by atoms with E-state index in [0.717, 1.165) is 31.4 Å². The molecular weight excluding hydrogens is 276 g/mol. The van der Waals surface area contributed by atoms with Gasteiger partial charge in [-0.1, -0.05) is 38.5 Å². The number of amides is 1. The molecule has 1 amide bonds. The maximum Gasteiger partial charge on any atom is 0.223 e. The fourth-order valence-electron chi connectivity index (χ4n) is 2.15. The van der Waals surface area contributed by atoms with Crippen molar-refractivity contribution in [2.75, 3.05) is 13.2 Å². The predicted molar refractivity (Wildman–Crippen MR) is 88.6 cm³/mol. The van der Waals surface area contributed by atoms with Crippen molar-refractivity contribution >= 4 is 5.91 Å². The Hall–Kier alpha value is -2.02. The number of nitrogens with one attached hydrogen (secondary N) is 1. The molecule has 0 fully saturated rings. The number of hydrogen-bond acceptors (Lipinski definition) is 3. The lowest BCUT2D eigenvalue weighted by molar-refractivity contribution is -0.125. The average Bonchev–Trinajstić information content (AvgIpc) is 2.52. The molecule has 1 aromatic heterocycles. The highest BCUT2D eigenvalue weighted by Crippen LogP contribution is 2.13. The van der Waals surface area contributed by atoms with Gasteiger partial charge in [-0.2, -0.15) is 0 Å². The largest absolute Gasteiger partial charge is 0.479 e. The summed E-state index contributed by atoms with van der Waals surface area (Å²) in [4.78, 5) is 16.1. The Labute approximate surface area is 133 Å². The second-order valence-corrected chi connectivity index (χ2v) is 5.27. The highest BCUT2D eigenvalue weighted by molar-refractivity contribution is 5.78. The van der Waals surface area contributed by atoms with E-state index in [0.29, 0.717) is 18.9 Å². The topological polar surface area (TPSA) is 51.2 Å². The summed E-state index contributed by atoms with van der Waals surface area (Å²) in [6.45, 7) is 6.81. The summed E-state index contributed by atoms with van der Waals surface area (Å²) >= 11 is 0. The Morgan fingerprint density at radius 1 is 1.27 bits per heavy atom. The van der Waals surface area contributed by atoms with E-state index in [-0.39, 0.29) is 11.8 Å². The monoisotopic (exact) mass is 302 g/mol. The number of aryl methyl sites for hydroxylation is 1. The molecule has 1 N–H and O–H groups in total. The van der Waals surface area contributed by atoms with Crippen LogP contribution >= 0.6 is 0 Å². The van der Waals surface area contributed by atoms with E-state index in [1.807, 2.05) is 19.1 Å². The van der Waals surface area contributed by atoms with Crippen LogP contribution in [0.2, 0.25) is 0 Å². The van der Waals surface area contributed by atoms with Gasteiger partial charge in [-0.15, -0.1) is 0 Å². The number of nitrogens with zero attached hydrogens (tertiary/aromatic N) is 1. The summed E-state index contributed by atoms with van der Waals surface area (Å²) < 4.78 is 5.44. The van der Waals surface area contributed by atoms with Gasteiger partial charge in [0.05, 0.1) is 12.7 Å². The van der Waals surface area contributed by atoms with Gasteiger partial charge in [-0.25, -0.2) is 0 Å². The van der Waals surface area contributed by atoms with Crippen LogP contribution in [0.3, 0.4) is 0 Å². The van der Waals surface area contributed by atoms with E-state index in [4.69, 9.17) is 4.74 Å². The normalized spacial score (nSPS) is 10.0. The fraction of sp³-hybridized carbons (Fsp3) is 0.556. The SMILES string of the molecule is CCCC(CCC)C(=O)NCC#CCOc1ccc(C)nc1. The first-order chi connectivity index (χ1) is 10.7. The van der Waals surface area contributed by atoms with Gasteiger partial charge in [0.15, 0.2) is 0 Å². The zero-order valence-corrected chi connectivity index (χ0v) is 13.8. The van der Waals surface area contributed by atoms with E-state index in [1.165, 1.54) is 0 Å². The molecule has 0 unspecified atom stereocenters. The third-order valence-electron chi connectivity index (χ3n) is 3.32. The zero-order chi connectivity index (χ0) is 16.2. The van der Waals surface area contributed by atoms with Crippen molar-refractivity contribution < 1.29 is 9.53 Å². The molecule has 1 heterocycles. The van der Waals surface area contributed by atoms with E-state index >= 15 is 0 Å². The van der Waals surface area contributed by atoms with Crippen LogP contribution in [-0.4, -0.2) is 24.0 Å². The van der Waals surface area contributed by atoms with Crippen LogP contribution in [0.4, 0.5) is 0 Å². The number of ether oxygens (including phenoxy) is 1. The van der Waals surface area contributed by atoms with Crippen LogP contribution in [0.15, 0.2) is 18.3 Å². The van der Waals surface area contributed by atoms with Crippen molar-refractivity contribution in [3.05, 3.63) is 24.0 Å². The Kier molecular flexibility index (Phi) is 8.74. The van der Waals surface area contributed by atoms with Crippen LogP contribution in [0.25, 0.3) is 0 Å². The van der Waals surface area contributed by atoms with Gasteiger partial charge in [-0.05, 0) is 31.9 Å². The highest BCUT2D eigenvalue weighted by atomic mass is 16.5. The van der Waals surface area contributed by atoms with Crippen molar-refractivity contribution in [3.63, 3.8) is 0 Å². The quantitative estimate of drug-likeness (QED) is 0.751. The summed E-state index contributed by atoms with van der Waals surface area (Å²) in [7, 11) is 0. The Morgan fingerprint density at radius 2 is 2.00 bits per heavy atom. The van der Waals surface area contributed by atoms with Gasteiger partial charge < -0.3 is 10.1 Å². The average molecular weight is 302 g/mol. The number of rotatable bonds is 8. The Balaban J connectivity index is 2.26. The van der Waals surface area contributed by atoms with Crippen molar-refractivity contribution in [2.45, 2.75) is 46.5 Å². The lowest BCUT2D eigenvalue weighted by Gasteiger charge is -2.13. The van der Waals surface area contributed by atoms with Crippen LogP contribution in [0, 0.1) is 24.7 Å². The molecular formula is C18H26N2O2. The molecule has 4 heteroatoms. The van der Waals surface area contributed by atoms with E-state index in [9.17, 15) is 4.79 Å². The summed E-state index contributed by atoms with van der Waals surface area (Å²) in [5.41, 5.74) is 0.954. The lowest BCUT2D eigenvalue weighted by Crippen LogP contribution is -2.31. The van der Waals surface area contributed by atoms with Gasteiger partial charge in [-0.3, -0.25) is 9.78 Å². The third kappa shape index (κ3) is 7.12. The number of hydrogen-bond donors (Lipinski definition) is 1. The molecule has 0 bridgehead atoms. The van der Waals surface area contributed by atoms with Crippen LogP contribution in [-0.2, 0) is 4.79 Å². The van der Waals surface area contributed by atoms with Gasteiger partial charge in [0.25, 0.3) is 0 Å². The van der Waals surface area contributed by atoms with Crippen LogP contribution < -0.4 is 10.1 Å². The number of carbonyl (C=O) groups excluding carboxylic acids is 1. The molecule has 0 radical (unpaired) electrons. The highest BCUT2D eigenvalue weighted by Gasteiger charge is 2.15. The molecule has 120 valence electrons. The zero-order valence-electron chi connectivity index (χ0n) is 13.8. The van der Waals surface area contributed by atoms with Gasteiger partial charge >= 0.3 is 0 Å². The first kappa shape index (κ1) is 18.0. The minimum atomic E-state index is 0.113. The fourth-order valence-corrected chi connectivity index (χ4v) is 2.15. The maximum absolute atomic E-state index is 12.0. The first-order valence-corrected chi connectivity index (χ1v) is 7.96. The molecule has 0 atom stereocenters. The smallest absolute Gasteiger partial charge is 0.223 e. The number of pyridine rings is 1. The molecule has 1 rings (SSSR count). The second-order valence-electron chi connectivity index (χ2n) is 5.27. The molecule has 0 aliphatic rings. The maximum atomic E-state index is 12.0. The van der Waals surface area contributed by atoms with Crippen molar-refractivity contribution in [1.82, 2.24) is 10.3 Å². The summed E-state index contributed by atoms with van der Waals surface area (Å²) in [5.74, 6) is 6.74. The van der Waals surface area contributed by atoms with E-state index in [2.05, 4.69) is 36.0 Å². The summed E-state index contributed by atoms with van der Waals surface area (Å²) in [6, 6.07) is 3.76. The molecule has 0 saturated carbocycles. The van der Waals surface area contributed by atoms with Crippen molar-refractivity contribution in [2.24, 2.45) is 5.92 Å². The van der Waals surface area contributed by atoms with Crippen molar-refractivity contribution in [1.29, 1.82) is 0 Å². The second kappa shape index (κ2) is 10.7. The standard InChI is InChI=1S/C18H26N2O2/c1-4-8-16(9-5-2)18(21)19-12-6-7-13-22-17-11-10-15(3)20-14-17/h10-11,14,16H,4-5,8-9,12-13H2,1-3H3,(H,19,21). The molecule has 22 heavy (non-hydrogen) atoms. The Morgan fingerprint density at radius 3 is 2.59 bits per heavy atom. The van der Waals surface area contributed by atoms with Crippen LogP contribution in [0.1, 0.15) is 45.2 Å². The van der Waals surface area contributed by atoms with Crippen LogP contribution in [0.5, 0.6) is 5.75 Å². The molecule has 0 aliphatic carbocycles. The number of aromatic nitrogens is 1. The van der Waals surface area contributed by atoms with Gasteiger partial charge in [0.1, 0.15) is 12.4 Å². The lowest BCUT2D eigenvalue weighted by atomic mass is 9.97. The predicted octanol–water partition coefficient (Wildman–Crippen LogP) is 3.10. The molecule has 0 saturated heterocycles. The summed E-state index contributed by atoms with van der Waals surface area (Å²) in [6.07, 6.45) is 5.62. The molecule has 0 spiro atoms. The number of carbonyl (C=O) groups is 1. The third-order valence-corrected chi connectivity index (χ3v) is 3.32. The molecule has 0 aliphatic heterocycles. The molecule has 1 aromatic rings. The minimum Gasteiger partial charge on any atom is -0.479 e. The Bertz CT molecular complexity index is 494. The molecule has 4 nitrogen and oxygen atoms in total. The first-order valence-electron chi connectivity index (χ1n) is 7.96. The van der Waals surface area contributed by atoms with Gasteiger partial charge in [0, 0.05) is 11.6 Å². The van der Waals surface area contributed by atoms with Crippen molar-refractivity contribution in [3.8, 4) is 17.6 Å². The molecule has 0 aromatic carbocycles. The van der Waals surface area contributed by atoms with E-state index < -0.39 is 0 Å². The summed E-state index contributed by atoms with van der Waals surface area (Å²) in [5, 5.41) is 2.88. The van der Waals surface area contributed by atoms with Gasteiger partial charge in [0.2, 0.25) is 5.91 Å². The van der Waals surface area contributed by atoms with E-state index in [1.54, 1.807) is 6.20 Å².